The normalized spacial score (nSPS) is 18.7. The van der Waals surface area contributed by atoms with Crippen LogP contribution < -0.4 is 9.92 Å². The molecule has 132 valence electrons. The van der Waals surface area contributed by atoms with E-state index in [-0.39, 0.29) is 0 Å². The third kappa shape index (κ3) is 5.47. The molecule has 2 rings (SSSR count). The highest BCUT2D eigenvalue weighted by Gasteiger charge is 2.25. The molecule has 1 aliphatic carbocycles. The van der Waals surface area contributed by atoms with Crippen molar-refractivity contribution in [1.82, 2.24) is 0 Å². The topological polar surface area (TPSA) is 26.3 Å². The highest BCUT2D eigenvalue weighted by Crippen LogP contribution is 2.36. The Labute approximate surface area is 150 Å². The molecule has 0 spiro atoms. The summed E-state index contributed by atoms with van der Waals surface area (Å²) in [4.78, 5) is 11.8. The van der Waals surface area contributed by atoms with Gasteiger partial charge in [0.25, 0.3) is 0 Å². The molecule has 0 N–H and O–H groups in total. The summed E-state index contributed by atoms with van der Waals surface area (Å²) in [6, 6.07) is 6.69. The van der Waals surface area contributed by atoms with Crippen LogP contribution in [0.4, 0.5) is 0 Å². The fourth-order valence-electron chi connectivity index (χ4n) is 3.69. The summed E-state index contributed by atoms with van der Waals surface area (Å²) in [7, 11) is 2.55. The van der Waals surface area contributed by atoms with Gasteiger partial charge in [0.05, 0.1) is 16.6 Å². The Morgan fingerprint density at radius 3 is 2.75 bits per heavy atom. The summed E-state index contributed by atoms with van der Waals surface area (Å²) in [5.74, 6) is 1.72. The number of methoxy groups -OCH3 is 1. The van der Waals surface area contributed by atoms with Crippen molar-refractivity contribution in [3.05, 3.63) is 23.8 Å². The molecule has 1 aromatic carbocycles. The molecule has 1 saturated carbocycles. The Kier molecular flexibility index (Phi) is 7.09. The summed E-state index contributed by atoms with van der Waals surface area (Å²) in [6.45, 7) is 7.01. The van der Waals surface area contributed by atoms with Crippen molar-refractivity contribution in [2.45, 2.75) is 83.1 Å². The second-order valence-corrected chi connectivity index (χ2v) is 9.94. The van der Waals surface area contributed by atoms with Crippen molar-refractivity contribution >= 4 is 20.5 Å². The van der Waals surface area contributed by atoms with E-state index in [0.29, 0.717) is 23.2 Å². The van der Waals surface area contributed by atoms with E-state index in [0.717, 1.165) is 34.5 Å². The van der Waals surface area contributed by atoms with Crippen LogP contribution in [0.5, 0.6) is 5.75 Å². The van der Waals surface area contributed by atoms with Crippen molar-refractivity contribution in [3.63, 3.8) is 0 Å². The maximum Gasteiger partial charge on any atom is 0.133 e. The molecule has 0 aliphatic heterocycles. The van der Waals surface area contributed by atoms with Crippen LogP contribution in [0.25, 0.3) is 0 Å². The van der Waals surface area contributed by atoms with Gasteiger partial charge in [-0.25, -0.2) is 0 Å². The molecule has 2 nitrogen and oxygen atoms in total. The van der Waals surface area contributed by atoms with Gasteiger partial charge >= 0.3 is 0 Å². The quantitative estimate of drug-likeness (QED) is 0.488. The first-order valence-electron chi connectivity index (χ1n) is 9.43. The SMILES string of the molecule is CCCCCC(C)(C)[Si]c1ccc(C2CCCC(=O)C2)c(OC)c1. The van der Waals surface area contributed by atoms with Gasteiger partial charge in [-0.1, -0.05) is 63.8 Å². The molecule has 0 heterocycles. The van der Waals surface area contributed by atoms with Crippen LogP contribution in [-0.4, -0.2) is 22.4 Å². The molecule has 1 unspecified atom stereocenters. The van der Waals surface area contributed by atoms with Crippen LogP contribution in [0.3, 0.4) is 0 Å². The summed E-state index contributed by atoms with van der Waals surface area (Å²) in [5, 5.41) is 1.72. The van der Waals surface area contributed by atoms with E-state index in [1.165, 1.54) is 36.4 Å². The number of unbranched alkanes of at least 4 members (excludes halogenated alkanes) is 2. The molecule has 1 aliphatic rings. The Morgan fingerprint density at radius 2 is 2.08 bits per heavy atom. The van der Waals surface area contributed by atoms with Crippen LogP contribution in [0.1, 0.15) is 83.6 Å². The zero-order valence-electron chi connectivity index (χ0n) is 15.8. The lowest BCUT2D eigenvalue weighted by Gasteiger charge is -2.26. The minimum atomic E-state index is 0.344. The fraction of sp³-hybridized carbons (Fsp3) is 0.667. The van der Waals surface area contributed by atoms with Crippen LogP contribution >= 0.6 is 0 Å². The average Bonchev–Trinajstić information content (AvgIpc) is 2.54. The molecule has 24 heavy (non-hydrogen) atoms. The first-order chi connectivity index (χ1) is 11.4. The van der Waals surface area contributed by atoms with Gasteiger partial charge in [-0.05, 0) is 35.4 Å². The van der Waals surface area contributed by atoms with E-state index in [1.54, 1.807) is 7.11 Å². The number of hydrogen-bond donors (Lipinski definition) is 0. The molecular formula is C21H32O2Si. The molecule has 2 radical (unpaired) electrons. The molecule has 1 aromatic rings. The molecule has 1 atom stereocenters. The lowest BCUT2D eigenvalue weighted by molar-refractivity contribution is -0.120. The monoisotopic (exact) mass is 344 g/mol. The van der Waals surface area contributed by atoms with E-state index in [2.05, 4.69) is 39.0 Å². The minimum Gasteiger partial charge on any atom is -0.496 e. The van der Waals surface area contributed by atoms with Gasteiger partial charge in [0.1, 0.15) is 11.5 Å². The smallest absolute Gasteiger partial charge is 0.133 e. The maximum atomic E-state index is 11.8. The number of carbonyl (C=O) groups is 1. The largest absolute Gasteiger partial charge is 0.496 e. The molecule has 0 bridgehead atoms. The zero-order valence-corrected chi connectivity index (χ0v) is 16.8. The van der Waals surface area contributed by atoms with Crippen LogP contribution in [0, 0.1) is 0 Å². The Morgan fingerprint density at radius 1 is 1.29 bits per heavy atom. The van der Waals surface area contributed by atoms with Crippen molar-refractivity contribution < 1.29 is 9.53 Å². The first kappa shape index (κ1) is 19.2. The second-order valence-electron chi connectivity index (χ2n) is 7.75. The minimum absolute atomic E-state index is 0.344. The van der Waals surface area contributed by atoms with E-state index in [9.17, 15) is 4.79 Å². The number of hydrogen-bond acceptors (Lipinski definition) is 2. The third-order valence-corrected chi connectivity index (χ3v) is 6.57. The van der Waals surface area contributed by atoms with Gasteiger partial charge in [-0.15, -0.1) is 0 Å². The van der Waals surface area contributed by atoms with E-state index < -0.39 is 0 Å². The summed E-state index contributed by atoms with van der Waals surface area (Å²) in [6.07, 6.45) is 8.75. The van der Waals surface area contributed by atoms with Crippen LogP contribution in [0.2, 0.25) is 5.04 Å². The maximum absolute atomic E-state index is 11.8. The van der Waals surface area contributed by atoms with Crippen LogP contribution in [0.15, 0.2) is 18.2 Å². The van der Waals surface area contributed by atoms with Crippen molar-refractivity contribution in [3.8, 4) is 5.75 Å². The third-order valence-electron chi connectivity index (χ3n) is 5.04. The number of Topliss-reactive ketones (excluding diaryl/α,β-unsaturated/α-hetero) is 1. The fourth-order valence-corrected chi connectivity index (χ4v) is 5.14. The van der Waals surface area contributed by atoms with E-state index in [1.807, 2.05) is 0 Å². The van der Waals surface area contributed by atoms with Gasteiger partial charge < -0.3 is 4.74 Å². The Bertz CT molecular complexity index is 551. The molecule has 0 saturated heterocycles. The zero-order chi connectivity index (χ0) is 17.6. The van der Waals surface area contributed by atoms with Gasteiger partial charge in [0.15, 0.2) is 0 Å². The Balaban J connectivity index is 2.09. The van der Waals surface area contributed by atoms with Crippen molar-refractivity contribution in [1.29, 1.82) is 0 Å². The first-order valence-corrected chi connectivity index (χ1v) is 10.4. The number of ether oxygens (including phenoxy) is 1. The van der Waals surface area contributed by atoms with E-state index in [4.69, 9.17) is 4.74 Å². The number of carbonyl (C=O) groups excluding carboxylic acids is 1. The van der Waals surface area contributed by atoms with Gasteiger partial charge in [-0.3, -0.25) is 4.79 Å². The van der Waals surface area contributed by atoms with Crippen molar-refractivity contribution in [2.24, 2.45) is 0 Å². The average molecular weight is 345 g/mol. The molecular weight excluding hydrogens is 312 g/mol. The summed E-state index contributed by atoms with van der Waals surface area (Å²) < 4.78 is 5.68. The second kappa shape index (κ2) is 8.84. The van der Waals surface area contributed by atoms with Gasteiger partial charge in [0.2, 0.25) is 0 Å². The summed E-state index contributed by atoms with van der Waals surface area (Å²) >= 11 is 0. The predicted octanol–water partition coefficient (Wildman–Crippen LogP) is 5.03. The van der Waals surface area contributed by atoms with Gasteiger partial charge in [-0.2, -0.15) is 0 Å². The van der Waals surface area contributed by atoms with E-state index >= 15 is 0 Å². The highest BCUT2D eigenvalue weighted by molar-refractivity contribution is 6.56. The number of ketones is 1. The lowest BCUT2D eigenvalue weighted by Crippen LogP contribution is -2.26. The van der Waals surface area contributed by atoms with Crippen LogP contribution in [-0.2, 0) is 4.79 Å². The molecule has 1 fully saturated rings. The number of rotatable bonds is 8. The lowest BCUT2D eigenvalue weighted by atomic mass is 9.83. The molecule has 0 aromatic heterocycles. The standard InChI is InChI=1S/C21H32O2Si/c1-5-6-7-13-21(2,3)24-18-11-12-19(20(15-18)23-4)16-9-8-10-17(22)14-16/h11-12,15-16H,5-10,13-14H2,1-4H3. The van der Waals surface area contributed by atoms with Crippen molar-refractivity contribution in [2.75, 3.05) is 7.11 Å². The molecule has 0 amide bonds. The molecule has 3 heteroatoms. The predicted molar refractivity (Wildman–Crippen MR) is 103 cm³/mol. The Hall–Kier alpha value is -1.09. The summed E-state index contributed by atoms with van der Waals surface area (Å²) in [5.41, 5.74) is 1.22. The van der Waals surface area contributed by atoms with Gasteiger partial charge in [0, 0.05) is 12.8 Å². The number of benzene rings is 1. The highest BCUT2D eigenvalue weighted by atomic mass is 28.2.